The first kappa shape index (κ1) is 17.9. The third kappa shape index (κ3) is 3.39. The van der Waals surface area contributed by atoms with E-state index in [0.717, 1.165) is 0 Å². The molecule has 1 amide bonds. The topological polar surface area (TPSA) is 59.3 Å². The Morgan fingerprint density at radius 1 is 0.815 bits per heavy atom. The average molecular weight is 419 g/mol. The highest BCUT2D eigenvalue weighted by Crippen LogP contribution is 2.25. The highest BCUT2D eigenvalue weighted by atomic mass is 35.5. The Hall–Kier alpha value is -2.53. The number of anilines is 1. The van der Waals surface area contributed by atoms with Crippen LogP contribution in [0.4, 0.5) is 5.69 Å². The summed E-state index contributed by atoms with van der Waals surface area (Å²) < 4.78 is 5.75. The third-order valence-corrected chi connectivity index (χ3v) is 4.85. The molecule has 0 atom stereocenters. The smallest absolute Gasteiger partial charge is 0.257 e. The molecular weight excluding hydrogens is 409 g/mol. The van der Waals surface area contributed by atoms with Gasteiger partial charge >= 0.3 is 0 Å². The first-order valence-electron chi connectivity index (χ1n) is 7.85. The molecule has 4 nitrogen and oxygen atoms in total. The van der Waals surface area contributed by atoms with Crippen LogP contribution in [0.5, 0.6) is 0 Å². The van der Waals surface area contributed by atoms with E-state index in [4.69, 9.17) is 39.2 Å². The Balaban J connectivity index is 1.76. The first-order valence-corrected chi connectivity index (χ1v) is 8.98. The van der Waals surface area contributed by atoms with Crippen molar-refractivity contribution in [2.75, 3.05) is 5.32 Å². The quantitative estimate of drug-likeness (QED) is 0.397. The third-order valence-electron chi connectivity index (χ3n) is 4.06. The Kier molecular flexibility index (Phi) is 4.56. The van der Waals surface area contributed by atoms with Gasteiger partial charge in [-0.1, -0.05) is 34.8 Å². The number of carbonyl (C=O) groups excluding carboxylic acids is 1. The van der Waals surface area contributed by atoms with E-state index in [1.54, 1.807) is 42.5 Å². The van der Waals surface area contributed by atoms with E-state index >= 15 is 0 Å². The molecular formula is C20H10Cl3NO3. The molecule has 0 spiro atoms. The lowest BCUT2D eigenvalue weighted by molar-refractivity contribution is 0.102. The number of carbonyl (C=O) groups is 1. The van der Waals surface area contributed by atoms with Gasteiger partial charge in [-0.05, 0) is 54.6 Å². The van der Waals surface area contributed by atoms with Crippen LogP contribution in [-0.2, 0) is 0 Å². The minimum Gasteiger partial charge on any atom is -0.456 e. The predicted molar refractivity (Wildman–Crippen MR) is 109 cm³/mol. The molecule has 1 heterocycles. The Bertz CT molecular complexity index is 1280. The van der Waals surface area contributed by atoms with Crippen molar-refractivity contribution >= 4 is 68.3 Å². The van der Waals surface area contributed by atoms with Gasteiger partial charge in [-0.15, -0.1) is 0 Å². The van der Waals surface area contributed by atoms with E-state index < -0.39 is 5.91 Å². The lowest BCUT2D eigenvalue weighted by Gasteiger charge is -2.08. The highest BCUT2D eigenvalue weighted by Gasteiger charge is 2.13. The molecule has 0 fully saturated rings. The number of amides is 1. The number of hydrogen-bond donors (Lipinski definition) is 1. The summed E-state index contributed by atoms with van der Waals surface area (Å²) in [4.78, 5) is 25.2. The summed E-state index contributed by atoms with van der Waals surface area (Å²) in [7, 11) is 0. The molecule has 27 heavy (non-hydrogen) atoms. The number of fused-ring (bicyclic) bond motifs is 2. The van der Waals surface area contributed by atoms with E-state index in [-0.39, 0.29) is 16.0 Å². The molecule has 1 aromatic heterocycles. The predicted octanol–water partition coefficient (Wildman–Crippen LogP) is 6.16. The van der Waals surface area contributed by atoms with Gasteiger partial charge in [-0.2, -0.15) is 0 Å². The van der Waals surface area contributed by atoms with Crippen LogP contribution in [0, 0.1) is 0 Å². The summed E-state index contributed by atoms with van der Waals surface area (Å²) >= 11 is 17.9. The second-order valence-corrected chi connectivity index (χ2v) is 7.14. The molecule has 0 aliphatic heterocycles. The molecule has 0 saturated carbocycles. The zero-order valence-electron chi connectivity index (χ0n) is 13.6. The molecule has 0 aliphatic carbocycles. The minimum absolute atomic E-state index is 0.227. The van der Waals surface area contributed by atoms with Crippen LogP contribution in [0.25, 0.3) is 21.9 Å². The summed E-state index contributed by atoms with van der Waals surface area (Å²) in [6.07, 6.45) is 0. The van der Waals surface area contributed by atoms with Crippen LogP contribution in [-0.4, -0.2) is 5.91 Å². The van der Waals surface area contributed by atoms with E-state index in [1.807, 2.05) is 0 Å². The lowest BCUT2D eigenvalue weighted by Crippen LogP contribution is -2.13. The van der Waals surface area contributed by atoms with Crippen molar-refractivity contribution in [3.8, 4) is 0 Å². The van der Waals surface area contributed by atoms with Gasteiger partial charge in [0.25, 0.3) is 5.91 Å². The van der Waals surface area contributed by atoms with Crippen LogP contribution >= 0.6 is 34.8 Å². The summed E-state index contributed by atoms with van der Waals surface area (Å²) in [5, 5.41) is 4.55. The largest absolute Gasteiger partial charge is 0.456 e. The van der Waals surface area contributed by atoms with Gasteiger partial charge in [0.2, 0.25) is 5.43 Å². The number of rotatable bonds is 2. The number of halogens is 3. The molecule has 0 unspecified atom stereocenters. The molecule has 1 N–H and O–H groups in total. The lowest BCUT2D eigenvalue weighted by atomic mass is 10.1. The molecule has 4 aromatic rings. The van der Waals surface area contributed by atoms with E-state index in [2.05, 4.69) is 5.32 Å². The minimum atomic E-state index is -0.413. The fourth-order valence-electron chi connectivity index (χ4n) is 2.78. The Morgan fingerprint density at radius 2 is 1.44 bits per heavy atom. The normalized spacial score (nSPS) is 11.1. The Morgan fingerprint density at radius 3 is 2.19 bits per heavy atom. The van der Waals surface area contributed by atoms with Crippen molar-refractivity contribution in [1.82, 2.24) is 0 Å². The van der Waals surface area contributed by atoms with Crippen molar-refractivity contribution in [3.63, 3.8) is 0 Å². The van der Waals surface area contributed by atoms with Gasteiger partial charge in [-0.3, -0.25) is 9.59 Å². The molecule has 0 aliphatic rings. The molecule has 7 heteroatoms. The monoisotopic (exact) mass is 417 g/mol. The van der Waals surface area contributed by atoms with Crippen LogP contribution in [0.3, 0.4) is 0 Å². The van der Waals surface area contributed by atoms with Crippen LogP contribution in [0.1, 0.15) is 10.4 Å². The second kappa shape index (κ2) is 6.89. The number of benzene rings is 3. The van der Waals surface area contributed by atoms with Crippen molar-refractivity contribution in [2.45, 2.75) is 0 Å². The molecule has 0 bridgehead atoms. The second-order valence-electron chi connectivity index (χ2n) is 5.86. The maximum atomic E-state index is 12.8. The molecule has 3 aromatic carbocycles. The maximum Gasteiger partial charge on any atom is 0.257 e. The van der Waals surface area contributed by atoms with Gasteiger partial charge in [0.1, 0.15) is 11.2 Å². The zero-order chi connectivity index (χ0) is 19.1. The zero-order valence-corrected chi connectivity index (χ0v) is 15.8. The summed E-state index contributed by atoms with van der Waals surface area (Å²) in [5.74, 6) is -0.413. The maximum absolute atomic E-state index is 12.8. The highest BCUT2D eigenvalue weighted by molar-refractivity contribution is 6.37. The number of hydrogen-bond acceptors (Lipinski definition) is 3. The van der Waals surface area contributed by atoms with Crippen LogP contribution < -0.4 is 10.7 Å². The molecule has 134 valence electrons. The van der Waals surface area contributed by atoms with Crippen molar-refractivity contribution in [1.29, 1.82) is 0 Å². The van der Waals surface area contributed by atoms with Gasteiger partial charge in [0.05, 0.1) is 21.4 Å². The van der Waals surface area contributed by atoms with E-state index in [1.165, 1.54) is 12.1 Å². The number of nitrogens with one attached hydrogen (secondary N) is 1. The van der Waals surface area contributed by atoms with E-state index in [0.29, 0.717) is 37.7 Å². The van der Waals surface area contributed by atoms with Crippen molar-refractivity contribution in [2.24, 2.45) is 0 Å². The molecule has 0 radical (unpaired) electrons. The summed E-state index contributed by atoms with van der Waals surface area (Å²) in [5.41, 5.74) is 1.35. The Labute approximate surface area is 168 Å². The fourth-order valence-corrected chi connectivity index (χ4v) is 3.44. The van der Waals surface area contributed by atoms with Gasteiger partial charge in [-0.25, -0.2) is 0 Å². The molecule has 4 rings (SSSR count). The first-order chi connectivity index (χ1) is 12.9. The van der Waals surface area contributed by atoms with Gasteiger partial charge in [0, 0.05) is 15.7 Å². The average Bonchev–Trinajstić information content (AvgIpc) is 2.63. The SMILES string of the molecule is O=C(Nc1ccc2oc3ccc(Cl)cc3c(=O)c2c1)c1ccc(Cl)cc1Cl. The van der Waals surface area contributed by atoms with E-state index in [9.17, 15) is 9.59 Å². The standard InChI is InChI=1S/C20H10Cl3NO3/c21-10-2-5-17-14(7-10)19(25)15-9-12(3-6-18(15)27-17)24-20(26)13-4-1-11(22)8-16(13)23/h1-9H,(H,24,26). The van der Waals surface area contributed by atoms with Crippen LogP contribution in [0.2, 0.25) is 15.1 Å². The summed E-state index contributed by atoms with van der Waals surface area (Å²) in [6.45, 7) is 0. The molecule has 0 saturated heterocycles. The van der Waals surface area contributed by atoms with Gasteiger partial charge in [0.15, 0.2) is 0 Å². The van der Waals surface area contributed by atoms with Crippen LogP contribution in [0.15, 0.2) is 63.8 Å². The van der Waals surface area contributed by atoms with Crippen molar-refractivity contribution < 1.29 is 9.21 Å². The van der Waals surface area contributed by atoms with Crippen molar-refractivity contribution in [3.05, 3.63) is 85.5 Å². The summed E-state index contributed by atoms with van der Waals surface area (Å²) in [6, 6.07) is 14.3. The van der Waals surface area contributed by atoms with Gasteiger partial charge < -0.3 is 9.73 Å². The fraction of sp³-hybridized carbons (Fsp3) is 0.